The summed E-state index contributed by atoms with van der Waals surface area (Å²) in [6, 6.07) is 0.501. The summed E-state index contributed by atoms with van der Waals surface area (Å²) in [7, 11) is 0. The van der Waals surface area contributed by atoms with Crippen LogP contribution in [0.3, 0.4) is 0 Å². The number of hydrogen-bond acceptors (Lipinski definition) is 2. The first kappa shape index (κ1) is 10.6. The van der Waals surface area contributed by atoms with Crippen molar-refractivity contribution in [3.63, 3.8) is 0 Å². The van der Waals surface area contributed by atoms with E-state index in [1.807, 2.05) is 4.68 Å². The highest BCUT2D eigenvalue weighted by molar-refractivity contribution is 5.06. The molecule has 1 saturated heterocycles. The van der Waals surface area contributed by atoms with E-state index in [9.17, 15) is 4.39 Å². The van der Waals surface area contributed by atoms with Crippen molar-refractivity contribution in [1.29, 1.82) is 0 Å². The maximum atomic E-state index is 13.0. The number of hydrogen-bond donors (Lipinski definition) is 1. The molecule has 84 valence electrons. The van der Waals surface area contributed by atoms with Gasteiger partial charge in [-0.1, -0.05) is 6.42 Å². The largest absolute Gasteiger partial charge is 0.312 e. The molecular formula is C11H18FN3. The van der Waals surface area contributed by atoms with Crippen LogP contribution in [0.15, 0.2) is 12.4 Å². The minimum Gasteiger partial charge on any atom is -0.312 e. The molecule has 0 aliphatic carbocycles. The van der Waals surface area contributed by atoms with Crippen molar-refractivity contribution in [2.24, 2.45) is 0 Å². The second kappa shape index (κ2) is 4.75. The Morgan fingerprint density at radius 1 is 1.67 bits per heavy atom. The third-order valence-electron chi connectivity index (χ3n) is 2.93. The van der Waals surface area contributed by atoms with Gasteiger partial charge in [-0.3, -0.25) is 4.68 Å². The fourth-order valence-electron chi connectivity index (χ4n) is 1.99. The lowest BCUT2D eigenvalue weighted by atomic mass is 10.1. The topological polar surface area (TPSA) is 29.9 Å². The molecule has 0 bridgehead atoms. The molecule has 0 amide bonds. The number of nitrogens with zero attached hydrogens (tertiary/aromatic N) is 2. The van der Waals surface area contributed by atoms with Gasteiger partial charge in [-0.15, -0.1) is 0 Å². The van der Waals surface area contributed by atoms with Crippen LogP contribution in [-0.2, 0) is 6.54 Å². The first-order valence-corrected chi connectivity index (χ1v) is 5.65. The van der Waals surface area contributed by atoms with E-state index in [1.54, 1.807) is 19.3 Å². The van der Waals surface area contributed by atoms with Crippen molar-refractivity contribution < 1.29 is 4.39 Å². The number of rotatable bonds is 3. The van der Waals surface area contributed by atoms with E-state index in [2.05, 4.69) is 10.4 Å². The molecular weight excluding hydrogens is 193 g/mol. The predicted molar refractivity (Wildman–Crippen MR) is 57.4 cm³/mol. The number of aromatic nitrogens is 2. The molecule has 2 atom stereocenters. The zero-order chi connectivity index (χ0) is 10.7. The monoisotopic (exact) mass is 211 g/mol. The van der Waals surface area contributed by atoms with Gasteiger partial charge in [0, 0.05) is 17.8 Å². The second-order valence-electron chi connectivity index (χ2n) is 4.26. The Kier molecular flexibility index (Phi) is 3.36. The summed E-state index contributed by atoms with van der Waals surface area (Å²) in [6.45, 7) is 3.49. The third-order valence-corrected chi connectivity index (χ3v) is 2.93. The SMILES string of the molecule is CC(F)c1cnn(CC2CCCCN2)c1. The Hall–Kier alpha value is -0.900. The predicted octanol–water partition coefficient (Wildman–Crippen LogP) is 2.06. The highest BCUT2D eigenvalue weighted by Gasteiger charge is 2.14. The van der Waals surface area contributed by atoms with E-state index >= 15 is 0 Å². The van der Waals surface area contributed by atoms with Gasteiger partial charge >= 0.3 is 0 Å². The smallest absolute Gasteiger partial charge is 0.125 e. The summed E-state index contributed by atoms with van der Waals surface area (Å²) in [5, 5.41) is 7.62. The Bertz CT molecular complexity index is 303. The Labute approximate surface area is 89.7 Å². The van der Waals surface area contributed by atoms with E-state index in [1.165, 1.54) is 19.3 Å². The molecule has 1 aromatic heterocycles. The van der Waals surface area contributed by atoms with Crippen LogP contribution in [0.1, 0.15) is 37.9 Å². The minimum atomic E-state index is -0.918. The van der Waals surface area contributed by atoms with Crippen LogP contribution in [0.2, 0.25) is 0 Å². The van der Waals surface area contributed by atoms with Crippen LogP contribution in [0, 0.1) is 0 Å². The minimum absolute atomic E-state index is 0.501. The summed E-state index contributed by atoms with van der Waals surface area (Å²) in [5.41, 5.74) is 0.672. The summed E-state index contributed by atoms with van der Waals surface area (Å²) >= 11 is 0. The van der Waals surface area contributed by atoms with Crippen molar-refractivity contribution in [2.75, 3.05) is 6.54 Å². The summed E-state index contributed by atoms with van der Waals surface area (Å²) in [5.74, 6) is 0. The molecule has 1 N–H and O–H groups in total. The molecule has 0 aromatic carbocycles. The first-order valence-electron chi connectivity index (χ1n) is 5.65. The van der Waals surface area contributed by atoms with Gasteiger partial charge in [0.25, 0.3) is 0 Å². The molecule has 15 heavy (non-hydrogen) atoms. The van der Waals surface area contributed by atoms with Gasteiger partial charge in [0.2, 0.25) is 0 Å². The Morgan fingerprint density at radius 2 is 2.53 bits per heavy atom. The Morgan fingerprint density at radius 3 is 3.13 bits per heavy atom. The number of nitrogens with one attached hydrogen (secondary N) is 1. The van der Waals surface area contributed by atoms with E-state index in [0.717, 1.165) is 13.1 Å². The van der Waals surface area contributed by atoms with Crippen molar-refractivity contribution in [1.82, 2.24) is 15.1 Å². The fraction of sp³-hybridized carbons (Fsp3) is 0.727. The third kappa shape index (κ3) is 2.78. The standard InChI is InChI=1S/C11H18FN3/c1-9(12)10-6-14-15(7-10)8-11-4-2-3-5-13-11/h6-7,9,11,13H,2-5,8H2,1H3. The fourth-order valence-corrected chi connectivity index (χ4v) is 1.99. The average Bonchev–Trinajstić information content (AvgIpc) is 2.68. The van der Waals surface area contributed by atoms with Gasteiger partial charge in [-0.05, 0) is 26.3 Å². The number of alkyl halides is 1. The van der Waals surface area contributed by atoms with Crippen LogP contribution in [0.25, 0.3) is 0 Å². The molecule has 2 heterocycles. The van der Waals surface area contributed by atoms with Crippen molar-refractivity contribution in [2.45, 2.75) is 44.9 Å². The van der Waals surface area contributed by atoms with Crippen molar-refractivity contribution in [3.05, 3.63) is 18.0 Å². The average molecular weight is 211 g/mol. The highest BCUT2D eigenvalue weighted by Crippen LogP contribution is 2.15. The summed E-state index contributed by atoms with van der Waals surface area (Å²) in [6.07, 6.45) is 6.25. The molecule has 0 spiro atoms. The lowest BCUT2D eigenvalue weighted by Gasteiger charge is -2.23. The van der Waals surface area contributed by atoms with Gasteiger partial charge in [0.15, 0.2) is 0 Å². The summed E-state index contributed by atoms with van der Waals surface area (Å²) in [4.78, 5) is 0. The van der Waals surface area contributed by atoms with Crippen LogP contribution >= 0.6 is 0 Å². The highest BCUT2D eigenvalue weighted by atomic mass is 19.1. The van der Waals surface area contributed by atoms with Gasteiger partial charge in [0.1, 0.15) is 6.17 Å². The molecule has 3 nitrogen and oxygen atoms in total. The maximum absolute atomic E-state index is 13.0. The van der Waals surface area contributed by atoms with Crippen molar-refractivity contribution >= 4 is 0 Å². The number of halogens is 1. The molecule has 1 aliphatic heterocycles. The van der Waals surface area contributed by atoms with Crippen LogP contribution in [0.5, 0.6) is 0 Å². The molecule has 2 rings (SSSR count). The summed E-state index contributed by atoms with van der Waals surface area (Å²) < 4.78 is 14.8. The Balaban J connectivity index is 1.91. The lowest BCUT2D eigenvalue weighted by molar-refractivity contribution is 0.349. The quantitative estimate of drug-likeness (QED) is 0.829. The molecule has 0 radical (unpaired) electrons. The van der Waals surface area contributed by atoms with Gasteiger partial charge in [-0.2, -0.15) is 5.10 Å². The van der Waals surface area contributed by atoms with Gasteiger partial charge in [-0.25, -0.2) is 4.39 Å². The first-order chi connectivity index (χ1) is 7.25. The number of piperidine rings is 1. The van der Waals surface area contributed by atoms with Crippen LogP contribution in [-0.4, -0.2) is 22.4 Å². The molecule has 1 aliphatic rings. The lowest BCUT2D eigenvalue weighted by Crippen LogP contribution is -2.37. The van der Waals surface area contributed by atoms with Crippen LogP contribution < -0.4 is 5.32 Å². The normalized spacial score (nSPS) is 24.0. The van der Waals surface area contributed by atoms with Gasteiger partial charge < -0.3 is 5.32 Å². The van der Waals surface area contributed by atoms with E-state index in [-0.39, 0.29) is 0 Å². The molecule has 1 fully saturated rings. The van der Waals surface area contributed by atoms with Crippen LogP contribution in [0.4, 0.5) is 4.39 Å². The zero-order valence-electron chi connectivity index (χ0n) is 9.12. The van der Waals surface area contributed by atoms with Gasteiger partial charge in [0.05, 0.1) is 12.7 Å². The molecule has 4 heteroatoms. The zero-order valence-corrected chi connectivity index (χ0v) is 9.12. The van der Waals surface area contributed by atoms with Crippen molar-refractivity contribution in [3.8, 4) is 0 Å². The van der Waals surface area contributed by atoms with E-state index in [0.29, 0.717) is 11.6 Å². The molecule has 2 unspecified atom stereocenters. The molecule has 0 saturated carbocycles. The van der Waals surface area contributed by atoms with E-state index in [4.69, 9.17) is 0 Å². The molecule has 1 aromatic rings. The van der Waals surface area contributed by atoms with E-state index < -0.39 is 6.17 Å². The maximum Gasteiger partial charge on any atom is 0.125 e. The second-order valence-corrected chi connectivity index (χ2v) is 4.26.